The lowest BCUT2D eigenvalue weighted by molar-refractivity contribution is 0.102. The Morgan fingerprint density at radius 3 is 2.33 bits per heavy atom. The van der Waals surface area contributed by atoms with E-state index in [4.69, 9.17) is 11.6 Å². The standard InChI is InChI=1S/C19H24ClN3O3S/c1-5-13(2)22-27(25,26)16-9-6-14(7-10-16)19(24)21-17-12-15(20)8-11-18(17)23(3)4/h6-13,22H,5H2,1-4H3,(H,21,24). The summed E-state index contributed by atoms with van der Waals surface area (Å²) < 4.78 is 27.2. The largest absolute Gasteiger partial charge is 0.376 e. The maximum atomic E-state index is 12.5. The number of carbonyl (C=O) groups excluding carboxylic acids is 1. The van der Waals surface area contributed by atoms with Gasteiger partial charge in [0.15, 0.2) is 0 Å². The van der Waals surface area contributed by atoms with Crippen molar-refractivity contribution in [3.63, 3.8) is 0 Å². The van der Waals surface area contributed by atoms with Crippen LogP contribution in [0.15, 0.2) is 47.4 Å². The molecule has 0 aliphatic carbocycles. The van der Waals surface area contributed by atoms with Crippen LogP contribution in [0.1, 0.15) is 30.6 Å². The minimum atomic E-state index is -3.60. The van der Waals surface area contributed by atoms with E-state index < -0.39 is 10.0 Å². The fraction of sp³-hybridized carbons (Fsp3) is 0.316. The number of hydrogen-bond acceptors (Lipinski definition) is 4. The highest BCUT2D eigenvalue weighted by Gasteiger charge is 2.17. The van der Waals surface area contributed by atoms with Gasteiger partial charge >= 0.3 is 0 Å². The molecule has 0 heterocycles. The van der Waals surface area contributed by atoms with E-state index in [0.717, 1.165) is 5.69 Å². The summed E-state index contributed by atoms with van der Waals surface area (Å²) in [7, 11) is 0.126. The topological polar surface area (TPSA) is 78.5 Å². The Morgan fingerprint density at radius 2 is 1.78 bits per heavy atom. The number of rotatable bonds is 7. The number of amides is 1. The molecule has 0 saturated carbocycles. The summed E-state index contributed by atoms with van der Waals surface area (Å²) in [5.74, 6) is -0.348. The fourth-order valence-electron chi connectivity index (χ4n) is 2.39. The fourth-order valence-corrected chi connectivity index (χ4v) is 3.89. The van der Waals surface area contributed by atoms with Gasteiger partial charge in [-0.25, -0.2) is 13.1 Å². The van der Waals surface area contributed by atoms with Crippen LogP contribution in [0.3, 0.4) is 0 Å². The average Bonchev–Trinajstić information content (AvgIpc) is 2.61. The van der Waals surface area contributed by atoms with Gasteiger partial charge in [0.1, 0.15) is 0 Å². The highest BCUT2D eigenvalue weighted by atomic mass is 35.5. The summed E-state index contributed by atoms with van der Waals surface area (Å²) in [5, 5.41) is 3.33. The Morgan fingerprint density at radius 1 is 1.15 bits per heavy atom. The summed E-state index contributed by atoms with van der Waals surface area (Å²) in [6, 6.07) is 10.9. The smallest absolute Gasteiger partial charge is 0.255 e. The van der Waals surface area contributed by atoms with Gasteiger partial charge in [-0.3, -0.25) is 4.79 Å². The SMILES string of the molecule is CCC(C)NS(=O)(=O)c1ccc(C(=O)Nc2cc(Cl)ccc2N(C)C)cc1. The number of nitrogens with zero attached hydrogens (tertiary/aromatic N) is 1. The van der Waals surface area contributed by atoms with Crippen LogP contribution in [-0.2, 0) is 10.0 Å². The predicted octanol–water partition coefficient (Wildman–Crippen LogP) is 3.74. The van der Waals surface area contributed by atoms with Crippen LogP contribution in [0.4, 0.5) is 11.4 Å². The second-order valence-electron chi connectivity index (χ2n) is 6.46. The van der Waals surface area contributed by atoms with Gasteiger partial charge in [0, 0.05) is 30.7 Å². The Hall–Kier alpha value is -2.09. The minimum Gasteiger partial charge on any atom is -0.376 e. The Labute approximate surface area is 165 Å². The Kier molecular flexibility index (Phi) is 6.86. The molecule has 1 unspecified atom stereocenters. The van der Waals surface area contributed by atoms with E-state index in [-0.39, 0.29) is 16.8 Å². The second-order valence-corrected chi connectivity index (χ2v) is 8.62. The first-order chi connectivity index (χ1) is 12.6. The van der Waals surface area contributed by atoms with Crippen LogP contribution >= 0.6 is 11.6 Å². The molecule has 1 atom stereocenters. The molecule has 8 heteroatoms. The first kappa shape index (κ1) is 21.2. The van der Waals surface area contributed by atoms with Gasteiger partial charge in [-0.1, -0.05) is 18.5 Å². The Balaban J connectivity index is 2.21. The van der Waals surface area contributed by atoms with E-state index in [2.05, 4.69) is 10.0 Å². The maximum Gasteiger partial charge on any atom is 0.255 e. The molecular weight excluding hydrogens is 386 g/mol. The molecule has 0 aliphatic heterocycles. The highest BCUT2D eigenvalue weighted by molar-refractivity contribution is 7.89. The Bertz CT molecular complexity index is 912. The lowest BCUT2D eigenvalue weighted by atomic mass is 10.2. The van der Waals surface area contributed by atoms with E-state index >= 15 is 0 Å². The van der Waals surface area contributed by atoms with E-state index in [1.807, 2.05) is 32.0 Å². The number of benzene rings is 2. The molecule has 1 amide bonds. The number of halogens is 1. The normalized spacial score (nSPS) is 12.5. The quantitative estimate of drug-likeness (QED) is 0.730. The first-order valence-corrected chi connectivity index (χ1v) is 10.4. The number of carbonyl (C=O) groups is 1. The predicted molar refractivity (Wildman–Crippen MR) is 110 cm³/mol. The van der Waals surface area contributed by atoms with Crippen LogP contribution in [0, 0.1) is 0 Å². The zero-order valence-electron chi connectivity index (χ0n) is 15.8. The third-order valence-corrected chi connectivity index (χ3v) is 5.92. The summed E-state index contributed by atoms with van der Waals surface area (Å²) in [5.41, 5.74) is 1.74. The molecule has 0 saturated heterocycles. The number of hydrogen-bond donors (Lipinski definition) is 2. The molecule has 27 heavy (non-hydrogen) atoms. The molecule has 6 nitrogen and oxygen atoms in total. The van der Waals surface area contributed by atoms with E-state index in [1.165, 1.54) is 24.3 Å². The molecule has 146 valence electrons. The summed E-state index contributed by atoms with van der Waals surface area (Å²) in [6.45, 7) is 3.70. The van der Waals surface area contributed by atoms with Crippen molar-refractivity contribution < 1.29 is 13.2 Å². The van der Waals surface area contributed by atoms with E-state index in [9.17, 15) is 13.2 Å². The van der Waals surface area contributed by atoms with Crippen molar-refractivity contribution >= 4 is 38.9 Å². The van der Waals surface area contributed by atoms with Crippen LogP contribution < -0.4 is 14.9 Å². The molecule has 0 fully saturated rings. The molecule has 2 rings (SSSR count). The highest BCUT2D eigenvalue weighted by Crippen LogP contribution is 2.28. The maximum absolute atomic E-state index is 12.5. The first-order valence-electron chi connectivity index (χ1n) is 8.54. The third kappa shape index (κ3) is 5.45. The monoisotopic (exact) mass is 409 g/mol. The third-order valence-electron chi connectivity index (χ3n) is 4.08. The molecular formula is C19H24ClN3O3S. The molecule has 2 N–H and O–H groups in total. The van der Waals surface area contributed by atoms with Crippen LogP contribution in [0.25, 0.3) is 0 Å². The lowest BCUT2D eigenvalue weighted by Crippen LogP contribution is -2.32. The number of nitrogens with one attached hydrogen (secondary N) is 2. The molecule has 2 aromatic rings. The van der Waals surface area contributed by atoms with Crippen molar-refractivity contribution in [2.45, 2.75) is 31.2 Å². The van der Waals surface area contributed by atoms with Gasteiger partial charge < -0.3 is 10.2 Å². The summed E-state index contributed by atoms with van der Waals surface area (Å²) >= 11 is 6.03. The number of anilines is 2. The average molecular weight is 410 g/mol. The van der Waals surface area contributed by atoms with Crippen molar-refractivity contribution in [1.29, 1.82) is 0 Å². The summed E-state index contributed by atoms with van der Waals surface area (Å²) in [4.78, 5) is 14.5. The summed E-state index contributed by atoms with van der Waals surface area (Å²) in [6.07, 6.45) is 0.688. The van der Waals surface area contributed by atoms with Crippen molar-refractivity contribution in [3.8, 4) is 0 Å². The molecule has 0 aliphatic rings. The van der Waals surface area contributed by atoms with Crippen LogP contribution in [0.5, 0.6) is 0 Å². The molecule has 0 spiro atoms. The zero-order valence-corrected chi connectivity index (χ0v) is 17.4. The van der Waals surface area contributed by atoms with Crippen LogP contribution in [-0.4, -0.2) is 34.5 Å². The van der Waals surface area contributed by atoms with Crippen molar-refractivity contribution in [1.82, 2.24) is 4.72 Å². The van der Waals surface area contributed by atoms with Crippen molar-refractivity contribution in [3.05, 3.63) is 53.1 Å². The van der Waals surface area contributed by atoms with Gasteiger partial charge in [0.2, 0.25) is 10.0 Å². The van der Waals surface area contributed by atoms with E-state index in [0.29, 0.717) is 22.7 Å². The van der Waals surface area contributed by atoms with Gasteiger partial charge in [-0.2, -0.15) is 0 Å². The molecule has 0 radical (unpaired) electrons. The zero-order chi connectivity index (χ0) is 20.2. The molecule has 0 bridgehead atoms. The van der Waals surface area contributed by atoms with Crippen molar-refractivity contribution in [2.75, 3.05) is 24.3 Å². The van der Waals surface area contributed by atoms with E-state index in [1.54, 1.807) is 19.1 Å². The molecule has 2 aromatic carbocycles. The van der Waals surface area contributed by atoms with Gasteiger partial charge in [0.25, 0.3) is 5.91 Å². The van der Waals surface area contributed by atoms with Gasteiger partial charge in [0.05, 0.1) is 16.3 Å². The molecule has 0 aromatic heterocycles. The van der Waals surface area contributed by atoms with Crippen LogP contribution in [0.2, 0.25) is 5.02 Å². The van der Waals surface area contributed by atoms with Gasteiger partial charge in [-0.05, 0) is 55.8 Å². The van der Waals surface area contributed by atoms with Gasteiger partial charge in [-0.15, -0.1) is 0 Å². The number of sulfonamides is 1. The second kappa shape index (κ2) is 8.73. The lowest BCUT2D eigenvalue weighted by Gasteiger charge is -2.18. The minimum absolute atomic E-state index is 0.121. The van der Waals surface area contributed by atoms with Crippen molar-refractivity contribution in [2.24, 2.45) is 0 Å².